The number of carbonyl (C=O) groups excluding carboxylic acids is 2. The van der Waals surface area contributed by atoms with E-state index < -0.39 is 27.7 Å². The molecule has 4 rings (SSSR count). The average Bonchev–Trinajstić information content (AvgIpc) is 3.36. The Morgan fingerprint density at radius 3 is 2.38 bits per heavy atom. The van der Waals surface area contributed by atoms with Gasteiger partial charge in [-0.2, -0.15) is 0 Å². The fraction of sp³-hybridized carbons (Fsp3) is 0.160. The van der Waals surface area contributed by atoms with E-state index >= 15 is 0 Å². The van der Waals surface area contributed by atoms with Crippen LogP contribution in [0.2, 0.25) is 0 Å². The van der Waals surface area contributed by atoms with Gasteiger partial charge in [-0.1, -0.05) is 36.4 Å². The minimum Gasteiger partial charge on any atom is -0.377 e. The van der Waals surface area contributed by atoms with Gasteiger partial charge in [-0.05, 0) is 24.3 Å². The van der Waals surface area contributed by atoms with Crippen LogP contribution in [0.1, 0.15) is 0 Å². The number of nitrogens with one attached hydrogen (secondary N) is 1. The lowest BCUT2D eigenvalue weighted by atomic mass is 10.1. The van der Waals surface area contributed by atoms with Crippen molar-refractivity contribution in [2.24, 2.45) is 0 Å². The lowest BCUT2D eigenvalue weighted by molar-refractivity contribution is -0.115. The smallest absolute Gasteiger partial charge is 0.271 e. The normalized spacial score (nSPS) is 11.4. The predicted octanol–water partition coefficient (Wildman–Crippen LogP) is 5.17. The first-order valence-electron chi connectivity index (χ1n) is 10.9. The van der Waals surface area contributed by atoms with Crippen molar-refractivity contribution in [2.75, 3.05) is 40.4 Å². The summed E-state index contributed by atoms with van der Waals surface area (Å²) in [6.07, 6.45) is 0. The summed E-state index contributed by atoms with van der Waals surface area (Å²) in [4.78, 5) is 30.8. The molecule has 192 valence electrons. The number of thiazole rings is 1. The molecule has 4 aromatic rings. The molecule has 0 bridgehead atoms. The molecule has 12 heteroatoms. The van der Waals surface area contributed by atoms with Crippen LogP contribution in [0.5, 0.6) is 0 Å². The van der Waals surface area contributed by atoms with Crippen molar-refractivity contribution < 1.29 is 18.0 Å². The van der Waals surface area contributed by atoms with Gasteiger partial charge in [0.05, 0.1) is 16.3 Å². The number of carbonyl (C=O) groups is 2. The molecule has 0 atom stereocenters. The SMILES string of the molecule is CN(C)c1cccc2c(S(=O)(=O)N(C(=O)CCl)c3cccc(-c4csc(NC(=O)CCl)n4)c3)cccc12. The van der Waals surface area contributed by atoms with Crippen LogP contribution in [-0.2, 0) is 19.6 Å². The molecular weight excluding hydrogens is 555 g/mol. The Kier molecular flexibility index (Phi) is 8.03. The zero-order chi connectivity index (χ0) is 26.7. The number of fused-ring (bicyclic) bond motifs is 1. The lowest BCUT2D eigenvalue weighted by Crippen LogP contribution is -2.38. The molecule has 1 heterocycles. The summed E-state index contributed by atoms with van der Waals surface area (Å²) in [5, 5.41) is 5.84. The zero-order valence-electron chi connectivity index (χ0n) is 19.8. The van der Waals surface area contributed by atoms with E-state index in [0.29, 0.717) is 21.8 Å². The number of benzene rings is 3. The highest BCUT2D eigenvalue weighted by atomic mass is 35.5. The molecule has 0 spiro atoms. The van der Waals surface area contributed by atoms with Gasteiger partial charge in [-0.3, -0.25) is 9.59 Å². The van der Waals surface area contributed by atoms with Gasteiger partial charge in [0.15, 0.2) is 5.13 Å². The van der Waals surface area contributed by atoms with E-state index in [4.69, 9.17) is 23.2 Å². The van der Waals surface area contributed by atoms with Crippen LogP contribution < -0.4 is 14.5 Å². The minimum atomic E-state index is -4.36. The molecule has 1 aromatic heterocycles. The van der Waals surface area contributed by atoms with Crippen LogP contribution in [0, 0.1) is 0 Å². The number of nitrogens with zero attached hydrogens (tertiary/aromatic N) is 3. The number of alkyl halides is 2. The van der Waals surface area contributed by atoms with E-state index in [1.807, 2.05) is 31.1 Å². The van der Waals surface area contributed by atoms with Gasteiger partial charge in [-0.25, -0.2) is 17.7 Å². The maximum Gasteiger partial charge on any atom is 0.271 e. The molecule has 0 saturated heterocycles. The second-order valence-electron chi connectivity index (χ2n) is 8.09. The van der Waals surface area contributed by atoms with E-state index in [0.717, 1.165) is 15.4 Å². The van der Waals surface area contributed by atoms with Gasteiger partial charge in [-0.15, -0.1) is 34.5 Å². The van der Waals surface area contributed by atoms with Crippen molar-refractivity contribution in [2.45, 2.75) is 4.90 Å². The van der Waals surface area contributed by atoms with Crippen molar-refractivity contribution in [1.29, 1.82) is 0 Å². The van der Waals surface area contributed by atoms with Crippen LogP contribution in [0.15, 0.2) is 70.9 Å². The first kappa shape index (κ1) is 26.9. The van der Waals surface area contributed by atoms with E-state index in [1.165, 1.54) is 23.5 Å². The Labute approximate surface area is 228 Å². The molecule has 8 nitrogen and oxygen atoms in total. The number of aromatic nitrogens is 1. The first-order chi connectivity index (χ1) is 17.7. The fourth-order valence-corrected chi connectivity index (χ4v) is 6.48. The van der Waals surface area contributed by atoms with Crippen LogP contribution >= 0.6 is 34.5 Å². The number of halogens is 2. The van der Waals surface area contributed by atoms with Crippen molar-refractivity contribution in [3.63, 3.8) is 0 Å². The molecule has 0 saturated carbocycles. The topological polar surface area (TPSA) is 99.7 Å². The maximum atomic E-state index is 14.0. The molecule has 37 heavy (non-hydrogen) atoms. The van der Waals surface area contributed by atoms with Gasteiger partial charge in [0.2, 0.25) is 5.91 Å². The monoisotopic (exact) mass is 576 g/mol. The molecular formula is C25H22Cl2N4O4S2. The van der Waals surface area contributed by atoms with Crippen molar-refractivity contribution in [1.82, 2.24) is 4.98 Å². The van der Waals surface area contributed by atoms with Crippen LogP contribution in [-0.4, -0.2) is 51.1 Å². The summed E-state index contributed by atoms with van der Waals surface area (Å²) >= 11 is 12.6. The lowest BCUT2D eigenvalue weighted by Gasteiger charge is -2.24. The van der Waals surface area contributed by atoms with Gasteiger partial charge >= 0.3 is 0 Å². The summed E-state index contributed by atoms with van der Waals surface area (Å²) in [6.45, 7) is 0. The molecule has 0 unspecified atom stereocenters. The summed E-state index contributed by atoms with van der Waals surface area (Å²) in [6, 6.07) is 16.7. The van der Waals surface area contributed by atoms with Gasteiger partial charge < -0.3 is 10.2 Å². The third kappa shape index (κ3) is 5.42. The van der Waals surface area contributed by atoms with E-state index in [-0.39, 0.29) is 16.5 Å². The maximum absolute atomic E-state index is 14.0. The van der Waals surface area contributed by atoms with Crippen molar-refractivity contribution in [3.8, 4) is 11.3 Å². The molecule has 0 radical (unpaired) electrons. The number of sulfonamides is 1. The molecule has 0 aliphatic heterocycles. The first-order valence-corrected chi connectivity index (χ1v) is 14.3. The van der Waals surface area contributed by atoms with Gasteiger partial charge in [0.25, 0.3) is 15.9 Å². The molecule has 0 fully saturated rings. The van der Waals surface area contributed by atoms with Gasteiger partial charge in [0, 0.05) is 41.5 Å². The number of hydrogen-bond acceptors (Lipinski definition) is 7. The Balaban J connectivity index is 1.82. The Hall–Kier alpha value is -3.18. The molecule has 3 aromatic carbocycles. The summed E-state index contributed by atoms with van der Waals surface area (Å²) in [5.74, 6) is -1.94. The van der Waals surface area contributed by atoms with Crippen molar-refractivity contribution >= 4 is 83.7 Å². The highest BCUT2D eigenvalue weighted by Gasteiger charge is 2.32. The Morgan fingerprint density at radius 2 is 1.68 bits per heavy atom. The second kappa shape index (κ2) is 11.1. The van der Waals surface area contributed by atoms with E-state index in [2.05, 4.69) is 10.3 Å². The molecule has 1 N–H and O–H groups in total. The van der Waals surface area contributed by atoms with E-state index in [9.17, 15) is 18.0 Å². The second-order valence-corrected chi connectivity index (χ2v) is 11.2. The summed E-state index contributed by atoms with van der Waals surface area (Å²) < 4.78 is 28.7. The molecule has 0 aliphatic rings. The van der Waals surface area contributed by atoms with Gasteiger partial charge in [0.1, 0.15) is 11.8 Å². The zero-order valence-corrected chi connectivity index (χ0v) is 23.0. The highest BCUT2D eigenvalue weighted by Crippen LogP contribution is 2.35. The summed E-state index contributed by atoms with van der Waals surface area (Å²) in [7, 11) is -0.615. The predicted molar refractivity (Wildman–Crippen MR) is 151 cm³/mol. The quantitative estimate of drug-likeness (QED) is 0.290. The number of rotatable bonds is 8. The number of amides is 2. The Morgan fingerprint density at radius 1 is 0.973 bits per heavy atom. The summed E-state index contributed by atoms with van der Waals surface area (Å²) in [5.41, 5.74) is 2.00. The third-order valence-electron chi connectivity index (χ3n) is 5.45. The standard InChI is InChI=1S/C25H22Cl2N4O4S2/c1-30(2)21-10-4-9-19-18(21)8-5-11-22(19)37(34,35)31(24(33)14-27)17-7-3-6-16(12-17)20-15-36-25(28-20)29-23(32)13-26/h3-12,15H,13-14H2,1-2H3,(H,28,29,32). The average molecular weight is 578 g/mol. The minimum absolute atomic E-state index is 0.0164. The molecule has 2 amide bonds. The van der Waals surface area contributed by atoms with Crippen LogP contribution in [0.3, 0.4) is 0 Å². The highest BCUT2D eigenvalue weighted by molar-refractivity contribution is 7.93. The molecule has 0 aliphatic carbocycles. The number of hydrogen-bond donors (Lipinski definition) is 1. The van der Waals surface area contributed by atoms with E-state index in [1.54, 1.807) is 41.8 Å². The van der Waals surface area contributed by atoms with Crippen molar-refractivity contribution in [3.05, 3.63) is 66.0 Å². The Bertz CT molecular complexity index is 1590. The largest absolute Gasteiger partial charge is 0.377 e. The fourth-order valence-electron chi connectivity index (χ4n) is 3.86. The van der Waals surface area contributed by atoms with Crippen LogP contribution in [0.25, 0.3) is 22.0 Å². The third-order valence-corrected chi connectivity index (χ3v) is 8.48. The number of anilines is 3. The van der Waals surface area contributed by atoms with Crippen LogP contribution in [0.4, 0.5) is 16.5 Å².